The van der Waals surface area contributed by atoms with Crippen molar-refractivity contribution in [3.63, 3.8) is 0 Å². The summed E-state index contributed by atoms with van der Waals surface area (Å²) in [4.78, 5) is 28.6. The van der Waals surface area contributed by atoms with Gasteiger partial charge in [0.1, 0.15) is 0 Å². The van der Waals surface area contributed by atoms with Crippen LogP contribution in [0.2, 0.25) is 0 Å². The lowest BCUT2D eigenvalue weighted by Crippen LogP contribution is -2.40. The second kappa shape index (κ2) is 10.7. The second-order valence-corrected chi connectivity index (χ2v) is 9.21. The first kappa shape index (κ1) is 24.4. The van der Waals surface area contributed by atoms with Crippen LogP contribution in [0.1, 0.15) is 42.0 Å². The molecule has 0 aliphatic carbocycles. The molecule has 184 valence electrons. The molecule has 4 rings (SSSR count). The molecule has 1 aliphatic rings. The summed E-state index contributed by atoms with van der Waals surface area (Å²) in [5, 5.41) is 6.73. The van der Waals surface area contributed by atoms with Crippen LogP contribution in [0, 0.1) is 33.6 Å². The number of anilines is 5. The molecule has 1 aliphatic heterocycles. The van der Waals surface area contributed by atoms with Crippen LogP contribution in [0.3, 0.4) is 0 Å². The number of aryl methyl sites for hydroxylation is 4. The topological polar surface area (TPSA) is 92.3 Å². The first-order chi connectivity index (χ1) is 16.8. The van der Waals surface area contributed by atoms with Gasteiger partial charge in [-0.3, -0.25) is 4.79 Å². The third-order valence-electron chi connectivity index (χ3n) is 6.20. The van der Waals surface area contributed by atoms with Gasteiger partial charge >= 0.3 is 5.97 Å². The van der Waals surface area contributed by atoms with E-state index < -0.39 is 0 Å². The number of hydrogen-bond acceptors (Lipinski definition) is 8. The highest BCUT2D eigenvalue weighted by Gasteiger charge is 2.29. The number of rotatable bonds is 7. The standard InChI is InChI=1S/C27H34N6O2/c1-6-35-24(34)21-8-7-13-33(16-21)27-31-25(28-22-11-9-17(2)14-19(22)4)30-26(32-27)29-23-12-10-18(3)15-20(23)5/h9-12,14-15,21H,6-8,13,16H2,1-5H3,(H2,28,29,30,31,32). The highest BCUT2D eigenvalue weighted by Crippen LogP contribution is 2.27. The van der Waals surface area contributed by atoms with Crippen molar-refractivity contribution in [1.29, 1.82) is 0 Å². The van der Waals surface area contributed by atoms with Crippen molar-refractivity contribution < 1.29 is 9.53 Å². The lowest BCUT2D eigenvalue weighted by atomic mass is 9.98. The number of nitrogens with zero attached hydrogens (tertiary/aromatic N) is 4. The van der Waals surface area contributed by atoms with Crippen LogP contribution in [-0.2, 0) is 9.53 Å². The van der Waals surface area contributed by atoms with Gasteiger partial charge in [0.2, 0.25) is 17.8 Å². The Hall–Kier alpha value is -3.68. The van der Waals surface area contributed by atoms with Gasteiger partial charge in [0.25, 0.3) is 0 Å². The highest BCUT2D eigenvalue weighted by atomic mass is 16.5. The minimum absolute atomic E-state index is 0.159. The third kappa shape index (κ3) is 6.07. The maximum atomic E-state index is 12.4. The average Bonchev–Trinajstić information content (AvgIpc) is 2.83. The number of aromatic nitrogens is 3. The van der Waals surface area contributed by atoms with Gasteiger partial charge in [0.15, 0.2) is 0 Å². The molecule has 0 saturated carbocycles. The third-order valence-corrected chi connectivity index (χ3v) is 6.20. The molecule has 0 bridgehead atoms. The second-order valence-electron chi connectivity index (χ2n) is 9.21. The molecule has 8 heteroatoms. The Morgan fingerprint density at radius 1 is 0.943 bits per heavy atom. The van der Waals surface area contributed by atoms with Crippen molar-refractivity contribution in [3.8, 4) is 0 Å². The summed E-state index contributed by atoms with van der Waals surface area (Å²) in [6.45, 7) is 11.8. The SMILES string of the molecule is CCOC(=O)C1CCCN(c2nc(Nc3ccc(C)cc3C)nc(Nc3ccc(C)cc3C)n2)C1. The number of piperidine rings is 1. The molecule has 3 aromatic rings. The van der Waals surface area contributed by atoms with Crippen molar-refractivity contribution in [2.24, 2.45) is 5.92 Å². The minimum atomic E-state index is -0.188. The summed E-state index contributed by atoms with van der Waals surface area (Å²) in [7, 11) is 0. The minimum Gasteiger partial charge on any atom is -0.466 e. The molecule has 35 heavy (non-hydrogen) atoms. The number of hydrogen-bond donors (Lipinski definition) is 2. The van der Waals surface area contributed by atoms with E-state index in [1.54, 1.807) is 0 Å². The molecule has 2 heterocycles. The Morgan fingerprint density at radius 2 is 1.51 bits per heavy atom. The lowest BCUT2D eigenvalue weighted by Gasteiger charge is -2.31. The largest absolute Gasteiger partial charge is 0.466 e. The highest BCUT2D eigenvalue weighted by molar-refractivity contribution is 5.73. The smallest absolute Gasteiger partial charge is 0.310 e. The van der Waals surface area contributed by atoms with E-state index in [4.69, 9.17) is 14.7 Å². The summed E-state index contributed by atoms with van der Waals surface area (Å²) < 4.78 is 5.27. The van der Waals surface area contributed by atoms with Crippen LogP contribution >= 0.6 is 0 Å². The maximum absolute atomic E-state index is 12.4. The number of carbonyl (C=O) groups is 1. The van der Waals surface area contributed by atoms with Gasteiger partial charge in [-0.15, -0.1) is 0 Å². The summed E-state index contributed by atoms with van der Waals surface area (Å²) in [5.74, 6) is 1.09. The summed E-state index contributed by atoms with van der Waals surface area (Å²) in [5.41, 5.74) is 6.48. The normalized spacial score (nSPS) is 15.6. The lowest BCUT2D eigenvalue weighted by molar-refractivity contribution is -0.148. The molecule has 0 amide bonds. The number of nitrogens with one attached hydrogen (secondary N) is 2. The summed E-state index contributed by atoms with van der Waals surface area (Å²) in [6.07, 6.45) is 1.68. The zero-order chi connectivity index (χ0) is 24.9. The van der Waals surface area contributed by atoms with Crippen LogP contribution in [0.15, 0.2) is 36.4 Å². The predicted octanol–water partition coefficient (Wildman–Crippen LogP) is 5.37. The van der Waals surface area contributed by atoms with Gasteiger partial charge in [0.05, 0.1) is 12.5 Å². The van der Waals surface area contributed by atoms with Gasteiger partial charge in [-0.05, 0) is 70.7 Å². The molecule has 1 saturated heterocycles. The fourth-order valence-corrected chi connectivity index (χ4v) is 4.38. The molecular weight excluding hydrogens is 440 g/mol. The average molecular weight is 475 g/mol. The van der Waals surface area contributed by atoms with Crippen molar-refractivity contribution >= 4 is 35.2 Å². The molecular formula is C27H34N6O2. The van der Waals surface area contributed by atoms with Crippen LogP contribution < -0.4 is 15.5 Å². The maximum Gasteiger partial charge on any atom is 0.310 e. The van der Waals surface area contributed by atoms with Crippen LogP contribution in [-0.4, -0.2) is 40.6 Å². The Balaban J connectivity index is 1.67. The number of carbonyl (C=O) groups excluding carboxylic acids is 1. The Kier molecular flexibility index (Phi) is 7.48. The monoisotopic (exact) mass is 474 g/mol. The Morgan fingerprint density at radius 3 is 2.03 bits per heavy atom. The fourth-order valence-electron chi connectivity index (χ4n) is 4.38. The van der Waals surface area contributed by atoms with E-state index in [0.717, 1.165) is 41.9 Å². The quantitative estimate of drug-likeness (QED) is 0.442. The van der Waals surface area contributed by atoms with Crippen molar-refractivity contribution in [2.45, 2.75) is 47.5 Å². The van der Waals surface area contributed by atoms with Crippen LogP contribution in [0.25, 0.3) is 0 Å². The van der Waals surface area contributed by atoms with Gasteiger partial charge in [0, 0.05) is 24.5 Å². The van der Waals surface area contributed by atoms with Crippen LogP contribution in [0.4, 0.5) is 29.2 Å². The predicted molar refractivity (Wildman–Crippen MR) is 140 cm³/mol. The van der Waals surface area contributed by atoms with E-state index in [1.807, 2.05) is 24.0 Å². The fraction of sp³-hybridized carbons (Fsp3) is 0.407. The van der Waals surface area contributed by atoms with Crippen LogP contribution in [0.5, 0.6) is 0 Å². The molecule has 2 N–H and O–H groups in total. The molecule has 0 radical (unpaired) electrons. The van der Waals surface area contributed by atoms with E-state index >= 15 is 0 Å². The summed E-state index contributed by atoms with van der Waals surface area (Å²) in [6, 6.07) is 12.4. The zero-order valence-electron chi connectivity index (χ0n) is 21.2. The molecule has 8 nitrogen and oxygen atoms in total. The number of ether oxygens (including phenoxy) is 1. The molecule has 1 unspecified atom stereocenters. The van der Waals surface area contributed by atoms with Gasteiger partial charge in [-0.25, -0.2) is 0 Å². The molecule has 1 atom stereocenters. The first-order valence-electron chi connectivity index (χ1n) is 12.2. The van der Waals surface area contributed by atoms with E-state index in [-0.39, 0.29) is 11.9 Å². The van der Waals surface area contributed by atoms with Crippen molar-refractivity contribution in [2.75, 3.05) is 35.2 Å². The van der Waals surface area contributed by atoms with Crippen molar-refractivity contribution in [3.05, 3.63) is 58.7 Å². The summed E-state index contributed by atoms with van der Waals surface area (Å²) >= 11 is 0. The zero-order valence-corrected chi connectivity index (χ0v) is 21.2. The van der Waals surface area contributed by atoms with E-state index in [9.17, 15) is 4.79 Å². The van der Waals surface area contributed by atoms with Gasteiger partial charge in [-0.2, -0.15) is 15.0 Å². The van der Waals surface area contributed by atoms with E-state index in [0.29, 0.717) is 31.0 Å². The van der Waals surface area contributed by atoms with Gasteiger partial charge in [-0.1, -0.05) is 35.4 Å². The van der Waals surface area contributed by atoms with E-state index in [2.05, 4.69) is 67.6 Å². The molecule has 2 aromatic carbocycles. The number of benzene rings is 2. The van der Waals surface area contributed by atoms with E-state index in [1.165, 1.54) is 11.1 Å². The molecule has 0 spiro atoms. The van der Waals surface area contributed by atoms with Gasteiger partial charge < -0.3 is 20.3 Å². The van der Waals surface area contributed by atoms with Crippen molar-refractivity contribution in [1.82, 2.24) is 15.0 Å². The molecule has 1 fully saturated rings. The first-order valence-corrected chi connectivity index (χ1v) is 12.2. The Bertz CT molecular complexity index is 1140. The number of esters is 1. The molecule has 1 aromatic heterocycles. The Labute approximate surface area is 207 Å².